The van der Waals surface area contributed by atoms with Crippen LogP contribution in [0.5, 0.6) is 0 Å². The van der Waals surface area contributed by atoms with E-state index in [1.807, 2.05) is 42.5 Å². The highest BCUT2D eigenvalue weighted by molar-refractivity contribution is 6.35. The van der Waals surface area contributed by atoms with Crippen LogP contribution >= 0.6 is 11.6 Å². The summed E-state index contributed by atoms with van der Waals surface area (Å²) in [6.07, 6.45) is 5.31. The molecule has 1 amide bonds. The molecule has 3 heterocycles. The average molecular weight is 447 g/mol. The van der Waals surface area contributed by atoms with Crippen LogP contribution in [0.1, 0.15) is 47.4 Å². The topological polar surface area (TPSA) is 71.3 Å². The van der Waals surface area contributed by atoms with Gasteiger partial charge in [0.2, 0.25) is 0 Å². The number of nitrogens with one attached hydrogen (secondary N) is 2. The number of benzene rings is 2. The number of hydrogen-bond donors (Lipinski definition) is 2. The van der Waals surface area contributed by atoms with Gasteiger partial charge in [-0.2, -0.15) is 0 Å². The Morgan fingerprint density at radius 2 is 2.03 bits per heavy atom. The molecule has 1 fully saturated rings. The van der Waals surface area contributed by atoms with E-state index in [1.54, 1.807) is 18.2 Å². The summed E-state index contributed by atoms with van der Waals surface area (Å²) in [5, 5.41) is 6.73. The second kappa shape index (κ2) is 8.77. The van der Waals surface area contributed by atoms with Gasteiger partial charge in [0.15, 0.2) is 5.78 Å². The fourth-order valence-corrected chi connectivity index (χ4v) is 4.57. The summed E-state index contributed by atoms with van der Waals surface area (Å²) in [6, 6.07) is 17.0. The maximum absolute atomic E-state index is 12.8. The van der Waals surface area contributed by atoms with Gasteiger partial charge in [-0.25, -0.2) is 0 Å². The monoisotopic (exact) mass is 446 g/mol. The zero-order valence-electron chi connectivity index (χ0n) is 17.5. The first-order chi connectivity index (χ1) is 15.6. The first kappa shape index (κ1) is 20.7. The maximum Gasteiger partial charge on any atom is 0.256 e. The van der Waals surface area contributed by atoms with Crippen LogP contribution in [-0.4, -0.2) is 24.3 Å². The van der Waals surface area contributed by atoms with E-state index in [0.717, 1.165) is 36.2 Å². The minimum atomic E-state index is -0.153. The number of anilines is 1. The van der Waals surface area contributed by atoms with Gasteiger partial charge in [-0.1, -0.05) is 29.8 Å². The molecular formula is C26H23ClN2O3. The zero-order valence-corrected chi connectivity index (χ0v) is 18.2. The summed E-state index contributed by atoms with van der Waals surface area (Å²) >= 11 is 6.34. The van der Waals surface area contributed by atoms with Crippen molar-refractivity contribution in [3.05, 3.63) is 76.5 Å². The first-order valence-electron chi connectivity index (χ1n) is 10.9. The number of carbonyl (C=O) groups excluding carboxylic acids is 2. The number of hydrogen-bond acceptors (Lipinski definition) is 4. The lowest BCUT2D eigenvalue weighted by Gasteiger charge is -2.10. The number of para-hydroxylation sites is 1. The van der Waals surface area contributed by atoms with E-state index >= 15 is 0 Å². The molecule has 0 aliphatic carbocycles. The van der Waals surface area contributed by atoms with E-state index in [9.17, 15) is 9.59 Å². The molecule has 6 heteroatoms. The van der Waals surface area contributed by atoms with Crippen molar-refractivity contribution in [3.63, 3.8) is 0 Å². The Labute approximate surface area is 191 Å². The highest BCUT2D eigenvalue weighted by atomic mass is 35.5. The van der Waals surface area contributed by atoms with Crippen LogP contribution in [0.25, 0.3) is 23.0 Å². The summed E-state index contributed by atoms with van der Waals surface area (Å²) in [4.78, 5) is 25.1. The molecule has 0 bridgehead atoms. The molecule has 32 heavy (non-hydrogen) atoms. The molecule has 1 unspecified atom stereocenters. The Kier molecular flexibility index (Phi) is 5.68. The quantitative estimate of drug-likeness (QED) is 0.370. The van der Waals surface area contributed by atoms with Gasteiger partial charge in [0.05, 0.1) is 10.6 Å². The van der Waals surface area contributed by atoms with Crippen molar-refractivity contribution in [2.45, 2.75) is 31.7 Å². The number of furan rings is 1. The van der Waals surface area contributed by atoms with E-state index in [-0.39, 0.29) is 11.7 Å². The number of halogens is 1. The van der Waals surface area contributed by atoms with Gasteiger partial charge in [0.25, 0.3) is 5.91 Å². The van der Waals surface area contributed by atoms with Crippen LogP contribution in [-0.2, 0) is 4.79 Å². The molecule has 2 aliphatic heterocycles. The Morgan fingerprint density at radius 1 is 1.16 bits per heavy atom. The Morgan fingerprint density at radius 3 is 2.88 bits per heavy atom. The van der Waals surface area contributed by atoms with Gasteiger partial charge in [0.1, 0.15) is 11.5 Å². The molecule has 0 radical (unpaired) electrons. The van der Waals surface area contributed by atoms with Gasteiger partial charge in [-0.3, -0.25) is 9.59 Å². The van der Waals surface area contributed by atoms with Gasteiger partial charge < -0.3 is 15.1 Å². The van der Waals surface area contributed by atoms with Crippen LogP contribution in [0.15, 0.2) is 59.0 Å². The Bertz CT molecular complexity index is 1220. The second-order valence-electron chi connectivity index (χ2n) is 8.21. The molecule has 0 saturated carbocycles. The van der Waals surface area contributed by atoms with Crippen LogP contribution in [0.2, 0.25) is 5.02 Å². The number of fused-ring (bicyclic) bond motifs is 1. The minimum absolute atomic E-state index is 0.0404. The number of Topliss-reactive ketones (excluding diaryl/α,β-unsaturated/α-hetero) is 1. The molecule has 1 aromatic heterocycles. The lowest BCUT2D eigenvalue weighted by molar-refractivity contribution is -0.110. The molecule has 1 atom stereocenters. The van der Waals surface area contributed by atoms with Crippen LogP contribution < -0.4 is 10.6 Å². The van der Waals surface area contributed by atoms with Crippen molar-refractivity contribution >= 4 is 40.6 Å². The van der Waals surface area contributed by atoms with E-state index in [0.29, 0.717) is 40.1 Å². The summed E-state index contributed by atoms with van der Waals surface area (Å²) in [5.41, 5.74) is 3.50. The van der Waals surface area contributed by atoms with Gasteiger partial charge in [-0.15, -0.1) is 0 Å². The number of amides is 1. The van der Waals surface area contributed by atoms with Gasteiger partial charge >= 0.3 is 0 Å². The predicted octanol–water partition coefficient (Wildman–Crippen LogP) is 5.81. The molecule has 5 rings (SSSR count). The van der Waals surface area contributed by atoms with E-state index in [1.165, 1.54) is 6.42 Å². The average Bonchev–Trinajstić information content (AvgIpc) is 3.54. The summed E-state index contributed by atoms with van der Waals surface area (Å²) in [7, 11) is 0. The normalized spacial score (nSPS) is 18.7. The third kappa shape index (κ3) is 4.14. The Hall–Kier alpha value is -3.15. The first-order valence-corrected chi connectivity index (χ1v) is 11.2. The highest BCUT2D eigenvalue weighted by Crippen LogP contribution is 2.34. The summed E-state index contributed by atoms with van der Waals surface area (Å²) < 4.78 is 5.99. The number of carbonyl (C=O) groups is 2. The standard InChI is InChI=1S/C26H23ClN2O3/c27-22-10-7-16(14-21(22)24(30)11-8-17-4-3-13-28-17)25-12-9-18(32-25)15-20-19-5-1-2-6-23(19)29-26(20)31/h1-2,5-7,9-10,12,14-15,17,28H,3-4,8,11,13H2,(H,29,31)/b20-15+. The number of rotatable bonds is 6. The molecule has 2 N–H and O–H groups in total. The van der Waals surface area contributed by atoms with Crippen molar-refractivity contribution in [2.24, 2.45) is 0 Å². The second-order valence-corrected chi connectivity index (χ2v) is 8.62. The van der Waals surface area contributed by atoms with Crippen molar-refractivity contribution in [3.8, 4) is 11.3 Å². The number of ketones is 1. The van der Waals surface area contributed by atoms with Crippen LogP contribution in [0, 0.1) is 0 Å². The predicted molar refractivity (Wildman–Crippen MR) is 127 cm³/mol. The molecular weight excluding hydrogens is 424 g/mol. The van der Waals surface area contributed by atoms with Crippen molar-refractivity contribution in [2.75, 3.05) is 11.9 Å². The fourth-order valence-electron chi connectivity index (χ4n) is 4.35. The molecule has 2 aliphatic rings. The molecule has 1 saturated heterocycles. The van der Waals surface area contributed by atoms with Crippen LogP contribution in [0.3, 0.4) is 0 Å². The SMILES string of the molecule is O=C1Nc2ccccc2/C1=C\c1ccc(-c2ccc(Cl)c(C(=O)CCC3CCCN3)c2)o1. The molecule has 3 aromatic rings. The molecule has 162 valence electrons. The van der Waals surface area contributed by atoms with E-state index < -0.39 is 0 Å². The molecule has 5 nitrogen and oxygen atoms in total. The summed E-state index contributed by atoms with van der Waals surface area (Å²) in [5.74, 6) is 1.07. The van der Waals surface area contributed by atoms with E-state index in [2.05, 4.69) is 10.6 Å². The van der Waals surface area contributed by atoms with Crippen molar-refractivity contribution in [1.29, 1.82) is 0 Å². The molecule has 0 spiro atoms. The van der Waals surface area contributed by atoms with E-state index in [4.69, 9.17) is 16.0 Å². The lowest BCUT2D eigenvalue weighted by atomic mass is 10.00. The van der Waals surface area contributed by atoms with Gasteiger partial charge in [-0.05, 0) is 68.3 Å². The minimum Gasteiger partial charge on any atom is -0.457 e. The third-order valence-corrected chi connectivity index (χ3v) is 6.39. The van der Waals surface area contributed by atoms with Crippen LogP contribution in [0.4, 0.5) is 5.69 Å². The smallest absolute Gasteiger partial charge is 0.256 e. The maximum atomic E-state index is 12.8. The largest absolute Gasteiger partial charge is 0.457 e. The van der Waals surface area contributed by atoms with Crippen molar-refractivity contribution in [1.82, 2.24) is 5.32 Å². The van der Waals surface area contributed by atoms with Gasteiger partial charge in [0, 0.05) is 34.8 Å². The van der Waals surface area contributed by atoms with Crippen molar-refractivity contribution < 1.29 is 14.0 Å². The Balaban J connectivity index is 1.37. The zero-order chi connectivity index (χ0) is 22.1. The lowest BCUT2D eigenvalue weighted by Crippen LogP contribution is -2.22. The third-order valence-electron chi connectivity index (χ3n) is 6.06. The molecule has 2 aromatic carbocycles. The summed E-state index contributed by atoms with van der Waals surface area (Å²) in [6.45, 7) is 1.03. The fraction of sp³-hybridized carbons (Fsp3) is 0.231. The highest BCUT2D eigenvalue weighted by Gasteiger charge is 2.24.